The lowest BCUT2D eigenvalue weighted by atomic mass is 9.80. The summed E-state index contributed by atoms with van der Waals surface area (Å²) in [4.78, 5) is 12.2. The molecule has 86 valence electrons. The summed E-state index contributed by atoms with van der Waals surface area (Å²) in [6, 6.07) is 0. The molecule has 2 rings (SSSR count). The van der Waals surface area contributed by atoms with Crippen molar-refractivity contribution < 1.29 is 14.6 Å². The van der Waals surface area contributed by atoms with Gasteiger partial charge in [-0.1, -0.05) is 20.8 Å². The van der Waals surface area contributed by atoms with Crippen molar-refractivity contribution in [3.63, 3.8) is 0 Å². The summed E-state index contributed by atoms with van der Waals surface area (Å²) in [5.74, 6) is 0. The van der Waals surface area contributed by atoms with Gasteiger partial charge in [0.05, 0.1) is 11.7 Å². The van der Waals surface area contributed by atoms with Crippen LogP contribution in [0.5, 0.6) is 0 Å². The third kappa shape index (κ3) is 1.83. The predicted octanol–water partition coefficient (Wildman–Crippen LogP) is 1.94. The van der Waals surface area contributed by atoms with Crippen LogP contribution in [0.25, 0.3) is 0 Å². The Hall–Kier alpha value is -0.770. The number of carbonyl (C=O) groups is 1. The van der Waals surface area contributed by atoms with Gasteiger partial charge in [0.1, 0.15) is 0 Å². The molecule has 1 unspecified atom stereocenters. The van der Waals surface area contributed by atoms with Crippen LogP contribution in [0.4, 0.5) is 4.79 Å². The Balaban J connectivity index is 1.93. The molecule has 4 heteroatoms. The van der Waals surface area contributed by atoms with E-state index in [0.717, 1.165) is 12.8 Å². The number of rotatable bonds is 0. The Labute approximate surface area is 90.2 Å². The highest BCUT2D eigenvalue weighted by Gasteiger charge is 2.61. The molecule has 2 aliphatic rings. The SMILES string of the molecule is CC(C)(C)C1OC12CCN(C(=O)O)CC2. The lowest BCUT2D eigenvalue weighted by Gasteiger charge is -2.30. The van der Waals surface area contributed by atoms with E-state index in [1.54, 1.807) is 0 Å². The van der Waals surface area contributed by atoms with Crippen LogP contribution < -0.4 is 0 Å². The molecule has 0 aromatic heterocycles. The Kier molecular flexibility index (Phi) is 2.23. The topological polar surface area (TPSA) is 53.1 Å². The van der Waals surface area contributed by atoms with E-state index >= 15 is 0 Å². The van der Waals surface area contributed by atoms with Gasteiger partial charge < -0.3 is 14.7 Å². The van der Waals surface area contributed by atoms with Crippen LogP contribution in [-0.4, -0.2) is 40.9 Å². The van der Waals surface area contributed by atoms with Crippen LogP contribution in [0.2, 0.25) is 0 Å². The van der Waals surface area contributed by atoms with Crippen LogP contribution in [0.15, 0.2) is 0 Å². The number of hydrogen-bond acceptors (Lipinski definition) is 2. The fraction of sp³-hybridized carbons (Fsp3) is 0.909. The van der Waals surface area contributed by atoms with Gasteiger partial charge in [0.25, 0.3) is 0 Å². The first-order valence-corrected chi connectivity index (χ1v) is 5.51. The molecule has 2 saturated heterocycles. The zero-order valence-corrected chi connectivity index (χ0v) is 9.62. The maximum atomic E-state index is 10.7. The Bertz CT molecular complexity index is 274. The van der Waals surface area contributed by atoms with E-state index < -0.39 is 6.09 Å². The first kappa shape index (κ1) is 10.7. The highest BCUT2D eigenvalue weighted by Crippen LogP contribution is 2.52. The molecule has 1 N–H and O–H groups in total. The first-order valence-electron chi connectivity index (χ1n) is 5.51. The van der Waals surface area contributed by atoms with Crippen molar-refractivity contribution in [1.29, 1.82) is 0 Å². The highest BCUT2D eigenvalue weighted by molar-refractivity contribution is 5.65. The Morgan fingerprint density at radius 2 is 1.93 bits per heavy atom. The Morgan fingerprint density at radius 3 is 2.27 bits per heavy atom. The first-order chi connectivity index (χ1) is 6.85. The number of carboxylic acid groups (broad SMARTS) is 1. The minimum atomic E-state index is -0.808. The number of piperidine rings is 1. The predicted molar refractivity (Wildman–Crippen MR) is 55.9 cm³/mol. The van der Waals surface area contributed by atoms with Crippen LogP contribution in [0, 0.1) is 5.41 Å². The molecule has 2 fully saturated rings. The second kappa shape index (κ2) is 3.11. The molecular weight excluding hydrogens is 194 g/mol. The number of hydrogen-bond donors (Lipinski definition) is 1. The number of ether oxygens (including phenoxy) is 1. The highest BCUT2D eigenvalue weighted by atomic mass is 16.6. The molecule has 0 aliphatic carbocycles. The summed E-state index contributed by atoms with van der Waals surface area (Å²) >= 11 is 0. The largest absolute Gasteiger partial charge is 0.465 e. The summed E-state index contributed by atoms with van der Waals surface area (Å²) in [7, 11) is 0. The molecule has 1 spiro atoms. The molecule has 1 amide bonds. The standard InChI is InChI=1S/C11H19NO3/c1-10(2,3)8-11(15-8)4-6-12(7-5-11)9(13)14/h8H,4-7H2,1-3H3,(H,13,14). The van der Waals surface area contributed by atoms with Gasteiger partial charge in [-0.25, -0.2) is 4.79 Å². The fourth-order valence-electron chi connectivity index (χ4n) is 2.62. The quantitative estimate of drug-likeness (QED) is 0.626. The molecule has 2 aliphatic heterocycles. The van der Waals surface area contributed by atoms with Gasteiger partial charge in [-0.05, 0) is 18.3 Å². The maximum absolute atomic E-state index is 10.7. The van der Waals surface area contributed by atoms with Crippen molar-refractivity contribution in [2.24, 2.45) is 5.41 Å². The molecule has 0 bridgehead atoms. The van der Waals surface area contributed by atoms with Gasteiger partial charge in [-0.3, -0.25) is 0 Å². The van der Waals surface area contributed by atoms with Crippen molar-refractivity contribution in [3.8, 4) is 0 Å². The minimum Gasteiger partial charge on any atom is -0.465 e. The number of likely N-dealkylation sites (tertiary alicyclic amines) is 1. The molecule has 2 heterocycles. The third-order valence-electron chi connectivity index (χ3n) is 3.44. The van der Waals surface area contributed by atoms with E-state index in [0.29, 0.717) is 19.2 Å². The summed E-state index contributed by atoms with van der Waals surface area (Å²) < 4.78 is 5.82. The van der Waals surface area contributed by atoms with Gasteiger partial charge in [-0.15, -0.1) is 0 Å². The Morgan fingerprint density at radius 1 is 1.40 bits per heavy atom. The summed E-state index contributed by atoms with van der Waals surface area (Å²) in [6.45, 7) is 7.76. The average molecular weight is 213 g/mol. The molecule has 4 nitrogen and oxygen atoms in total. The lowest BCUT2D eigenvalue weighted by molar-refractivity contribution is 0.113. The van der Waals surface area contributed by atoms with Crippen LogP contribution in [0.1, 0.15) is 33.6 Å². The molecule has 0 saturated carbocycles. The van der Waals surface area contributed by atoms with E-state index in [-0.39, 0.29) is 11.0 Å². The second-order valence-electron chi connectivity index (χ2n) is 5.70. The molecule has 15 heavy (non-hydrogen) atoms. The third-order valence-corrected chi connectivity index (χ3v) is 3.44. The van der Waals surface area contributed by atoms with Crippen molar-refractivity contribution in [3.05, 3.63) is 0 Å². The van der Waals surface area contributed by atoms with E-state index in [1.165, 1.54) is 4.90 Å². The molecule has 0 radical (unpaired) electrons. The van der Waals surface area contributed by atoms with Crippen LogP contribution in [-0.2, 0) is 4.74 Å². The molecule has 1 atom stereocenters. The summed E-state index contributed by atoms with van der Waals surface area (Å²) in [5.41, 5.74) is 0.162. The van der Waals surface area contributed by atoms with Crippen molar-refractivity contribution in [1.82, 2.24) is 4.90 Å². The zero-order valence-electron chi connectivity index (χ0n) is 9.62. The van der Waals surface area contributed by atoms with E-state index in [4.69, 9.17) is 9.84 Å². The van der Waals surface area contributed by atoms with Crippen molar-refractivity contribution in [2.75, 3.05) is 13.1 Å². The van der Waals surface area contributed by atoms with E-state index in [9.17, 15) is 4.79 Å². The van der Waals surface area contributed by atoms with Crippen LogP contribution >= 0.6 is 0 Å². The molecule has 0 aromatic rings. The normalized spacial score (nSPS) is 29.3. The molecule has 0 aromatic carbocycles. The fourth-order valence-corrected chi connectivity index (χ4v) is 2.62. The van der Waals surface area contributed by atoms with E-state index in [1.807, 2.05) is 0 Å². The number of amides is 1. The number of epoxide rings is 1. The summed E-state index contributed by atoms with van der Waals surface area (Å²) in [5, 5.41) is 8.84. The monoisotopic (exact) mass is 213 g/mol. The zero-order chi connectivity index (χ0) is 11.3. The molecular formula is C11H19NO3. The minimum absolute atomic E-state index is 0.00972. The van der Waals surface area contributed by atoms with Crippen LogP contribution in [0.3, 0.4) is 0 Å². The second-order valence-corrected chi connectivity index (χ2v) is 5.70. The van der Waals surface area contributed by atoms with Gasteiger partial charge in [-0.2, -0.15) is 0 Å². The van der Waals surface area contributed by atoms with Crippen molar-refractivity contribution in [2.45, 2.75) is 45.3 Å². The van der Waals surface area contributed by atoms with Gasteiger partial charge in [0.2, 0.25) is 0 Å². The van der Waals surface area contributed by atoms with Crippen molar-refractivity contribution >= 4 is 6.09 Å². The summed E-state index contributed by atoms with van der Waals surface area (Å²) in [6.07, 6.45) is 1.20. The van der Waals surface area contributed by atoms with Gasteiger partial charge >= 0.3 is 6.09 Å². The maximum Gasteiger partial charge on any atom is 0.407 e. The average Bonchev–Trinajstić information content (AvgIpc) is 2.80. The van der Waals surface area contributed by atoms with Gasteiger partial charge in [0, 0.05) is 13.1 Å². The number of nitrogens with zero attached hydrogens (tertiary/aromatic N) is 1. The lowest BCUT2D eigenvalue weighted by Crippen LogP contribution is -2.42. The smallest absolute Gasteiger partial charge is 0.407 e. The van der Waals surface area contributed by atoms with Gasteiger partial charge in [0.15, 0.2) is 0 Å². The van der Waals surface area contributed by atoms with E-state index in [2.05, 4.69) is 20.8 Å².